The fraction of sp³-hybridized carbons (Fsp3) is 0.533. The van der Waals surface area contributed by atoms with Gasteiger partial charge in [0.1, 0.15) is 0 Å². The molecule has 1 N–H and O–H groups in total. The molecular weight excluding hydrogens is 306 g/mol. The lowest BCUT2D eigenvalue weighted by molar-refractivity contribution is 0.0948. The molecule has 1 aromatic carbocycles. The summed E-state index contributed by atoms with van der Waals surface area (Å²) in [5, 5.41) is 2.78. The molecule has 0 saturated carbocycles. The standard InChI is InChI=1S/C15H21NO5S/c1-3-21-13-5-4-12(8-14(13)20-2)15(17)16-9-11-6-7-22(18,19)10-11/h4-5,8,11H,3,6-7,9-10H2,1-2H3,(H,16,17). The molecule has 1 saturated heterocycles. The van der Waals surface area contributed by atoms with Gasteiger partial charge in [0.05, 0.1) is 25.2 Å². The van der Waals surface area contributed by atoms with Crippen LogP contribution in [0.1, 0.15) is 23.7 Å². The number of ether oxygens (including phenoxy) is 2. The molecule has 1 aliphatic heterocycles. The maximum atomic E-state index is 12.1. The lowest BCUT2D eigenvalue weighted by Crippen LogP contribution is -2.29. The number of carbonyl (C=O) groups excluding carboxylic acids is 1. The molecule has 2 rings (SSSR count). The van der Waals surface area contributed by atoms with Crippen molar-refractivity contribution in [3.63, 3.8) is 0 Å². The average molecular weight is 327 g/mol. The third-order valence-corrected chi connectivity index (χ3v) is 5.44. The molecule has 1 fully saturated rings. The van der Waals surface area contributed by atoms with Crippen molar-refractivity contribution in [1.82, 2.24) is 5.32 Å². The molecule has 1 aromatic rings. The first-order valence-corrected chi connectivity index (χ1v) is 9.06. The molecular formula is C15H21NO5S. The highest BCUT2D eigenvalue weighted by molar-refractivity contribution is 7.91. The van der Waals surface area contributed by atoms with Crippen LogP contribution in [0.3, 0.4) is 0 Å². The van der Waals surface area contributed by atoms with Crippen molar-refractivity contribution in [3.05, 3.63) is 23.8 Å². The Bertz CT molecular complexity index is 641. The molecule has 1 heterocycles. The number of rotatable bonds is 6. The van der Waals surface area contributed by atoms with Crippen molar-refractivity contribution in [2.45, 2.75) is 13.3 Å². The molecule has 0 spiro atoms. The lowest BCUT2D eigenvalue weighted by atomic mass is 10.1. The Kier molecular flexibility index (Phi) is 5.28. The minimum absolute atomic E-state index is 0.00135. The van der Waals surface area contributed by atoms with Gasteiger partial charge in [0, 0.05) is 12.1 Å². The van der Waals surface area contributed by atoms with E-state index in [1.54, 1.807) is 18.2 Å². The van der Waals surface area contributed by atoms with Crippen LogP contribution < -0.4 is 14.8 Å². The zero-order valence-corrected chi connectivity index (χ0v) is 13.6. The van der Waals surface area contributed by atoms with Gasteiger partial charge in [0.15, 0.2) is 21.3 Å². The van der Waals surface area contributed by atoms with Gasteiger partial charge in [-0.15, -0.1) is 0 Å². The minimum atomic E-state index is -2.92. The van der Waals surface area contributed by atoms with Crippen molar-refractivity contribution in [1.29, 1.82) is 0 Å². The molecule has 1 atom stereocenters. The van der Waals surface area contributed by atoms with E-state index >= 15 is 0 Å². The van der Waals surface area contributed by atoms with Crippen molar-refractivity contribution in [2.24, 2.45) is 5.92 Å². The van der Waals surface area contributed by atoms with E-state index < -0.39 is 9.84 Å². The molecule has 0 aliphatic carbocycles. The summed E-state index contributed by atoms with van der Waals surface area (Å²) in [6, 6.07) is 4.97. The fourth-order valence-corrected chi connectivity index (χ4v) is 4.32. The zero-order valence-electron chi connectivity index (χ0n) is 12.8. The van der Waals surface area contributed by atoms with Gasteiger partial charge in [-0.2, -0.15) is 0 Å². The zero-order chi connectivity index (χ0) is 16.2. The second kappa shape index (κ2) is 7.00. The van der Waals surface area contributed by atoms with Crippen LogP contribution in [0.15, 0.2) is 18.2 Å². The predicted molar refractivity (Wildman–Crippen MR) is 83.3 cm³/mol. The molecule has 0 bridgehead atoms. The largest absolute Gasteiger partial charge is 0.493 e. The van der Waals surface area contributed by atoms with E-state index in [0.717, 1.165) is 0 Å². The molecule has 1 amide bonds. The molecule has 0 aromatic heterocycles. The van der Waals surface area contributed by atoms with Crippen molar-refractivity contribution >= 4 is 15.7 Å². The monoisotopic (exact) mass is 327 g/mol. The first kappa shape index (κ1) is 16.6. The van der Waals surface area contributed by atoms with E-state index in [1.165, 1.54) is 7.11 Å². The minimum Gasteiger partial charge on any atom is -0.493 e. The molecule has 0 radical (unpaired) electrons. The molecule has 7 heteroatoms. The quantitative estimate of drug-likeness (QED) is 0.850. The van der Waals surface area contributed by atoms with Crippen LogP contribution in [-0.4, -0.2) is 46.1 Å². The first-order valence-electron chi connectivity index (χ1n) is 7.24. The van der Waals surface area contributed by atoms with E-state index in [4.69, 9.17) is 9.47 Å². The number of amides is 1. The summed E-state index contributed by atoms with van der Waals surface area (Å²) in [6.45, 7) is 2.75. The molecule has 6 nitrogen and oxygen atoms in total. The summed E-state index contributed by atoms with van der Waals surface area (Å²) >= 11 is 0. The van der Waals surface area contributed by atoms with Gasteiger partial charge in [-0.1, -0.05) is 0 Å². The summed E-state index contributed by atoms with van der Waals surface area (Å²) in [6.07, 6.45) is 0.606. The summed E-state index contributed by atoms with van der Waals surface area (Å²) in [5.41, 5.74) is 0.459. The summed E-state index contributed by atoms with van der Waals surface area (Å²) in [5.74, 6) is 1.20. The highest BCUT2D eigenvalue weighted by Gasteiger charge is 2.28. The first-order chi connectivity index (χ1) is 10.4. The number of hydrogen-bond acceptors (Lipinski definition) is 5. The highest BCUT2D eigenvalue weighted by Crippen LogP contribution is 2.28. The molecule has 1 unspecified atom stereocenters. The Balaban J connectivity index is 1.98. The van der Waals surface area contributed by atoms with Gasteiger partial charge in [0.25, 0.3) is 5.91 Å². The highest BCUT2D eigenvalue weighted by atomic mass is 32.2. The van der Waals surface area contributed by atoms with Gasteiger partial charge in [0.2, 0.25) is 0 Å². The van der Waals surface area contributed by atoms with Crippen LogP contribution in [0.4, 0.5) is 0 Å². The SMILES string of the molecule is CCOc1ccc(C(=O)NCC2CCS(=O)(=O)C2)cc1OC. The van der Waals surface area contributed by atoms with Gasteiger partial charge >= 0.3 is 0 Å². The van der Waals surface area contributed by atoms with E-state index in [1.807, 2.05) is 6.92 Å². The van der Waals surface area contributed by atoms with Crippen molar-refractivity contribution < 1.29 is 22.7 Å². The maximum absolute atomic E-state index is 12.1. The van der Waals surface area contributed by atoms with Gasteiger partial charge < -0.3 is 14.8 Å². The Morgan fingerprint density at radius 2 is 2.14 bits per heavy atom. The average Bonchev–Trinajstić information content (AvgIpc) is 2.84. The number of sulfone groups is 1. The van der Waals surface area contributed by atoms with Gasteiger partial charge in [-0.05, 0) is 37.5 Å². The molecule has 1 aliphatic rings. The third-order valence-electron chi connectivity index (χ3n) is 3.60. The summed E-state index contributed by atoms with van der Waals surface area (Å²) in [4.78, 5) is 12.1. The Morgan fingerprint density at radius 3 is 2.73 bits per heavy atom. The molecule has 22 heavy (non-hydrogen) atoms. The van der Waals surface area contributed by atoms with Crippen LogP contribution in [0.2, 0.25) is 0 Å². The third kappa shape index (κ3) is 4.13. The topological polar surface area (TPSA) is 81.7 Å². The van der Waals surface area contributed by atoms with E-state index in [-0.39, 0.29) is 23.3 Å². The van der Waals surface area contributed by atoms with E-state index in [2.05, 4.69) is 5.32 Å². The maximum Gasteiger partial charge on any atom is 0.251 e. The van der Waals surface area contributed by atoms with Crippen LogP contribution in [-0.2, 0) is 9.84 Å². The van der Waals surface area contributed by atoms with Crippen LogP contribution >= 0.6 is 0 Å². The van der Waals surface area contributed by atoms with Crippen molar-refractivity contribution in [3.8, 4) is 11.5 Å². The second-order valence-corrected chi connectivity index (χ2v) is 7.51. The Hall–Kier alpha value is -1.76. The summed E-state index contributed by atoms with van der Waals surface area (Å²) in [7, 11) is -1.40. The number of benzene rings is 1. The Morgan fingerprint density at radius 1 is 1.36 bits per heavy atom. The normalized spacial score (nSPS) is 19.6. The number of methoxy groups -OCH3 is 1. The Labute approximate surface area is 130 Å². The van der Waals surface area contributed by atoms with E-state index in [9.17, 15) is 13.2 Å². The van der Waals surface area contributed by atoms with Gasteiger partial charge in [-0.25, -0.2) is 8.42 Å². The van der Waals surface area contributed by atoms with Crippen molar-refractivity contribution in [2.75, 3.05) is 31.8 Å². The smallest absolute Gasteiger partial charge is 0.251 e. The molecule has 122 valence electrons. The fourth-order valence-electron chi connectivity index (χ4n) is 2.46. The number of hydrogen-bond donors (Lipinski definition) is 1. The number of carbonyl (C=O) groups is 1. The predicted octanol–water partition coefficient (Wildman–Crippen LogP) is 1.26. The lowest BCUT2D eigenvalue weighted by Gasteiger charge is -2.12. The van der Waals surface area contributed by atoms with Crippen LogP contribution in [0, 0.1) is 5.92 Å². The summed E-state index contributed by atoms with van der Waals surface area (Å²) < 4.78 is 33.4. The van der Waals surface area contributed by atoms with Gasteiger partial charge in [-0.3, -0.25) is 4.79 Å². The van der Waals surface area contributed by atoms with E-state index in [0.29, 0.717) is 36.6 Å². The second-order valence-electron chi connectivity index (χ2n) is 5.28. The van der Waals surface area contributed by atoms with Crippen LogP contribution in [0.5, 0.6) is 11.5 Å². The number of nitrogens with one attached hydrogen (secondary N) is 1. The van der Waals surface area contributed by atoms with Crippen LogP contribution in [0.25, 0.3) is 0 Å².